The molecule has 2 atom stereocenters. The van der Waals surface area contributed by atoms with E-state index < -0.39 is 0 Å². The van der Waals surface area contributed by atoms with E-state index in [4.69, 9.17) is 9.57 Å². The van der Waals surface area contributed by atoms with Crippen molar-refractivity contribution >= 4 is 5.71 Å². The fourth-order valence-corrected chi connectivity index (χ4v) is 1.46. The summed E-state index contributed by atoms with van der Waals surface area (Å²) in [4.78, 5) is 4.97. The van der Waals surface area contributed by atoms with Gasteiger partial charge in [-0.1, -0.05) is 12.1 Å². The average molecular weight is 141 g/mol. The summed E-state index contributed by atoms with van der Waals surface area (Å²) in [6.45, 7) is 4.47. The lowest BCUT2D eigenvalue weighted by atomic mass is 9.90. The molecule has 3 nitrogen and oxygen atoms in total. The van der Waals surface area contributed by atoms with Gasteiger partial charge in [-0.2, -0.15) is 0 Å². The summed E-state index contributed by atoms with van der Waals surface area (Å²) in [6.07, 6.45) is 0. The maximum atomic E-state index is 5.28. The Labute approximate surface area is 60.0 Å². The molecule has 0 aromatic carbocycles. The van der Waals surface area contributed by atoms with Crippen LogP contribution in [0.5, 0.6) is 0 Å². The molecule has 2 unspecified atom stereocenters. The highest BCUT2D eigenvalue weighted by Crippen LogP contribution is 2.23. The number of fused-ring (bicyclic) bond motifs is 1. The fraction of sp³-hybridized carbons (Fsp3) is 0.857. The number of hydrogen-bond acceptors (Lipinski definition) is 3. The number of ether oxygens (including phenoxy) is 1. The van der Waals surface area contributed by atoms with Crippen molar-refractivity contribution < 1.29 is 9.57 Å². The molecule has 0 aliphatic carbocycles. The van der Waals surface area contributed by atoms with Crippen molar-refractivity contribution in [3.8, 4) is 0 Å². The quantitative estimate of drug-likeness (QED) is 0.496. The van der Waals surface area contributed by atoms with Gasteiger partial charge in [0.05, 0.1) is 18.9 Å². The van der Waals surface area contributed by atoms with Gasteiger partial charge in [-0.15, -0.1) is 0 Å². The summed E-state index contributed by atoms with van der Waals surface area (Å²) >= 11 is 0. The first-order valence-electron chi connectivity index (χ1n) is 3.64. The summed E-state index contributed by atoms with van der Waals surface area (Å²) in [5, 5.41) is 3.90. The molecule has 1 saturated heterocycles. The molecule has 0 aromatic rings. The van der Waals surface area contributed by atoms with E-state index >= 15 is 0 Å². The molecule has 10 heavy (non-hydrogen) atoms. The smallest absolute Gasteiger partial charge is 0.125 e. The van der Waals surface area contributed by atoms with Crippen LogP contribution >= 0.6 is 0 Å². The Bertz CT molecular complexity index is 167. The van der Waals surface area contributed by atoms with Gasteiger partial charge in [-0.05, 0) is 5.92 Å². The Balaban J connectivity index is 2.13. The summed E-state index contributed by atoms with van der Waals surface area (Å²) < 4.78 is 5.28. The molecule has 0 saturated carbocycles. The Morgan fingerprint density at radius 3 is 3.20 bits per heavy atom. The van der Waals surface area contributed by atoms with Gasteiger partial charge in [0.1, 0.15) is 6.61 Å². The largest absolute Gasteiger partial charge is 0.395 e. The molecule has 2 heterocycles. The van der Waals surface area contributed by atoms with Crippen LogP contribution in [0.15, 0.2) is 5.16 Å². The van der Waals surface area contributed by atoms with Crippen molar-refractivity contribution in [1.29, 1.82) is 0 Å². The van der Waals surface area contributed by atoms with Gasteiger partial charge in [0.2, 0.25) is 0 Å². The van der Waals surface area contributed by atoms with Crippen molar-refractivity contribution in [2.75, 3.05) is 19.8 Å². The molecule has 2 aliphatic heterocycles. The maximum Gasteiger partial charge on any atom is 0.125 e. The highest BCUT2D eigenvalue weighted by Gasteiger charge is 2.32. The Kier molecular flexibility index (Phi) is 1.38. The van der Waals surface area contributed by atoms with Crippen molar-refractivity contribution in [1.82, 2.24) is 0 Å². The van der Waals surface area contributed by atoms with Crippen LogP contribution in [0.2, 0.25) is 0 Å². The monoisotopic (exact) mass is 141 g/mol. The third-order valence-electron chi connectivity index (χ3n) is 2.18. The summed E-state index contributed by atoms with van der Waals surface area (Å²) in [7, 11) is 0. The lowest BCUT2D eigenvalue weighted by molar-refractivity contribution is 0.0808. The Morgan fingerprint density at radius 2 is 2.40 bits per heavy atom. The van der Waals surface area contributed by atoms with Gasteiger partial charge in [0.15, 0.2) is 0 Å². The van der Waals surface area contributed by atoms with Gasteiger partial charge < -0.3 is 9.57 Å². The molecule has 56 valence electrons. The van der Waals surface area contributed by atoms with E-state index in [2.05, 4.69) is 12.1 Å². The minimum atomic E-state index is 0.536. The molecule has 0 radical (unpaired) electrons. The number of hydrogen-bond donors (Lipinski definition) is 0. The van der Waals surface area contributed by atoms with Gasteiger partial charge in [0.25, 0.3) is 0 Å². The molecule has 0 bridgehead atoms. The van der Waals surface area contributed by atoms with E-state index in [1.54, 1.807) is 0 Å². The number of oxime groups is 1. The molecular formula is C7H11NO2. The van der Waals surface area contributed by atoms with Crippen molar-refractivity contribution in [3.63, 3.8) is 0 Å². The molecule has 0 aromatic heterocycles. The SMILES string of the molecule is CC1COCC2=NOCC21. The molecular weight excluding hydrogens is 130 g/mol. The van der Waals surface area contributed by atoms with Gasteiger partial charge in [0, 0.05) is 5.92 Å². The second kappa shape index (κ2) is 2.23. The van der Waals surface area contributed by atoms with Crippen LogP contribution in [0.3, 0.4) is 0 Å². The van der Waals surface area contributed by atoms with Gasteiger partial charge in [-0.3, -0.25) is 0 Å². The second-order valence-electron chi connectivity index (χ2n) is 2.98. The average Bonchev–Trinajstić information content (AvgIpc) is 2.36. The molecule has 1 fully saturated rings. The van der Waals surface area contributed by atoms with Crippen molar-refractivity contribution in [3.05, 3.63) is 0 Å². The van der Waals surface area contributed by atoms with Crippen LogP contribution in [0.25, 0.3) is 0 Å². The minimum absolute atomic E-state index is 0.536. The fourth-order valence-electron chi connectivity index (χ4n) is 1.46. The van der Waals surface area contributed by atoms with Gasteiger partial charge in [-0.25, -0.2) is 0 Å². The number of nitrogens with zero attached hydrogens (tertiary/aromatic N) is 1. The minimum Gasteiger partial charge on any atom is -0.395 e. The highest BCUT2D eigenvalue weighted by atomic mass is 16.6. The standard InChI is InChI=1S/C7H11NO2/c1-5-2-9-4-7-6(5)3-10-8-7/h5-6H,2-4H2,1H3. The van der Waals surface area contributed by atoms with E-state index in [0.29, 0.717) is 18.4 Å². The van der Waals surface area contributed by atoms with Crippen LogP contribution in [-0.4, -0.2) is 25.5 Å². The van der Waals surface area contributed by atoms with E-state index in [9.17, 15) is 0 Å². The second-order valence-corrected chi connectivity index (χ2v) is 2.98. The molecule has 0 spiro atoms. The first kappa shape index (κ1) is 6.16. The van der Waals surface area contributed by atoms with E-state index in [0.717, 1.165) is 18.9 Å². The van der Waals surface area contributed by atoms with Gasteiger partial charge >= 0.3 is 0 Å². The van der Waals surface area contributed by atoms with Crippen LogP contribution < -0.4 is 0 Å². The Hall–Kier alpha value is -0.570. The van der Waals surface area contributed by atoms with Crippen LogP contribution in [0.1, 0.15) is 6.92 Å². The third kappa shape index (κ3) is 0.814. The Morgan fingerprint density at radius 1 is 1.50 bits per heavy atom. The van der Waals surface area contributed by atoms with Crippen LogP contribution in [-0.2, 0) is 9.57 Å². The first-order chi connectivity index (χ1) is 4.88. The molecule has 2 rings (SSSR count). The lowest BCUT2D eigenvalue weighted by Gasteiger charge is -2.23. The number of rotatable bonds is 0. The van der Waals surface area contributed by atoms with Crippen LogP contribution in [0.4, 0.5) is 0 Å². The summed E-state index contributed by atoms with van der Waals surface area (Å²) in [5.41, 5.74) is 1.10. The van der Waals surface area contributed by atoms with Crippen LogP contribution in [0, 0.1) is 11.8 Å². The lowest BCUT2D eigenvalue weighted by Crippen LogP contribution is -2.33. The first-order valence-corrected chi connectivity index (χ1v) is 3.64. The zero-order valence-electron chi connectivity index (χ0n) is 6.04. The molecule has 2 aliphatic rings. The molecule has 0 amide bonds. The summed E-state index contributed by atoms with van der Waals surface area (Å²) in [6, 6.07) is 0. The van der Waals surface area contributed by atoms with Crippen molar-refractivity contribution in [2.45, 2.75) is 6.92 Å². The third-order valence-corrected chi connectivity index (χ3v) is 2.18. The zero-order valence-corrected chi connectivity index (χ0v) is 6.04. The summed E-state index contributed by atoms with van der Waals surface area (Å²) in [5.74, 6) is 1.11. The molecule has 0 N–H and O–H groups in total. The van der Waals surface area contributed by atoms with E-state index in [-0.39, 0.29) is 0 Å². The van der Waals surface area contributed by atoms with E-state index in [1.165, 1.54) is 0 Å². The normalized spacial score (nSPS) is 38.3. The maximum absolute atomic E-state index is 5.28. The topological polar surface area (TPSA) is 30.8 Å². The van der Waals surface area contributed by atoms with Crippen molar-refractivity contribution in [2.24, 2.45) is 17.0 Å². The molecule has 3 heteroatoms. The predicted molar refractivity (Wildman–Crippen MR) is 36.9 cm³/mol. The zero-order chi connectivity index (χ0) is 6.97. The predicted octanol–water partition coefficient (Wildman–Crippen LogP) is 0.655. The highest BCUT2D eigenvalue weighted by molar-refractivity contribution is 5.89. The van der Waals surface area contributed by atoms with E-state index in [1.807, 2.05) is 0 Å².